The molecule has 0 fully saturated rings. The number of aliphatic hydroxyl groups is 1. The van der Waals surface area contributed by atoms with Gasteiger partial charge in [-0.25, -0.2) is 4.79 Å². The van der Waals surface area contributed by atoms with Crippen molar-refractivity contribution in [2.45, 2.75) is 71.3 Å². The van der Waals surface area contributed by atoms with Crippen LogP contribution in [0.1, 0.15) is 40.2 Å². The van der Waals surface area contributed by atoms with E-state index in [4.69, 9.17) is 5.73 Å². The molecule has 5 atom stereocenters. The maximum atomic E-state index is 12.9. The van der Waals surface area contributed by atoms with Crippen molar-refractivity contribution in [3.8, 4) is 5.75 Å². The molecule has 1 rings (SSSR count). The second kappa shape index (κ2) is 12.9. The Morgan fingerprint density at radius 2 is 1.32 bits per heavy atom. The van der Waals surface area contributed by atoms with Crippen molar-refractivity contribution >= 4 is 23.7 Å². The number of rotatable bonds is 12. The van der Waals surface area contributed by atoms with Crippen LogP contribution in [0, 0.1) is 11.8 Å². The fourth-order valence-corrected chi connectivity index (χ4v) is 3.06. The van der Waals surface area contributed by atoms with E-state index in [-0.39, 0.29) is 18.1 Å². The third kappa shape index (κ3) is 8.64. The third-order valence-electron chi connectivity index (χ3n) is 5.32. The summed E-state index contributed by atoms with van der Waals surface area (Å²) in [5.74, 6) is -4.05. The van der Waals surface area contributed by atoms with E-state index in [1.54, 1.807) is 27.7 Å². The molecule has 0 bridgehead atoms. The van der Waals surface area contributed by atoms with Crippen molar-refractivity contribution in [1.29, 1.82) is 0 Å². The largest absolute Gasteiger partial charge is 0.508 e. The molecule has 11 nitrogen and oxygen atoms in total. The number of hydrogen-bond donors (Lipinski definition) is 7. The Morgan fingerprint density at radius 1 is 0.824 bits per heavy atom. The Kier molecular flexibility index (Phi) is 10.9. The molecule has 0 aliphatic rings. The van der Waals surface area contributed by atoms with Crippen molar-refractivity contribution in [2.24, 2.45) is 17.6 Å². The van der Waals surface area contributed by atoms with Gasteiger partial charge in [-0.05, 0) is 36.5 Å². The van der Waals surface area contributed by atoms with Crippen LogP contribution in [-0.4, -0.2) is 69.3 Å². The Hall–Kier alpha value is -3.18. The Balaban J connectivity index is 2.95. The van der Waals surface area contributed by atoms with Gasteiger partial charge in [-0.1, -0.05) is 39.8 Å². The highest BCUT2D eigenvalue weighted by atomic mass is 16.4. The highest BCUT2D eigenvalue weighted by Crippen LogP contribution is 2.12. The summed E-state index contributed by atoms with van der Waals surface area (Å²) < 4.78 is 0. The summed E-state index contributed by atoms with van der Waals surface area (Å²) >= 11 is 0. The molecule has 190 valence electrons. The zero-order valence-electron chi connectivity index (χ0n) is 20.1. The molecule has 0 radical (unpaired) electrons. The van der Waals surface area contributed by atoms with Gasteiger partial charge < -0.3 is 37.0 Å². The number of aliphatic carboxylic acids is 1. The van der Waals surface area contributed by atoms with Gasteiger partial charge in [0.25, 0.3) is 0 Å². The number of phenols is 1. The Morgan fingerprint density at radius 3 is 1.76 bits per heavy atom. The number of carbonyl (C=O) groups is 4. The molecule has 1 aromatic carbocycles. The molecule has 5 unspecified atom stereocenters. The van der Waals surface area contributed by atoms with Crippen molar-refractivity contribution in [2.75, 3.05) is 0 Å². The molecule has 11 heteroatoms. The highest BCUT2D eigenvalue weighted by Gasteiger charge is 2.34. The first-order chi connectivity index (χ1) is 15.7. The second-order valence-corrected chi connectivity index (χ2v) is 9.00. The first-order valence-electron chi connectivity index (χ1n) is 11.1. The molecule has 0 saturated heterocycles. The van der Waals surface area contributed by atoms with Crippen LogP contribution < -0.4 is 21.7 Å². The van der Waals surface area contributed by atoms with E-state index in [0.717, 1.165) is 0 Å². The number of aliphatic hydroxyl groups excluding tert-OH is 1. The lowest BCUT2D eigenvalue weighted by molar-refractivity contribution is -0.142. The van der Waals surface area contributed by atoms with E-state index < -0.39 is 59.9 Å². The van der Waals surface area contributed by atoms with Gasteiger partial charge in [0, 0.05) is 6.42 Å². The van der Waals surface area contributed by atoms with Gasteiger partial charge in [0.2, 0.25) is 17.7 Å². The quantitative estimate of drug-likeness (QED) is 0.208. The lowest BCUT2D eigenvalue weighted by Gasteiger charge is -2.28. The van der Waals surface area contributed by atoms with Crippen molar-refractivity contribution < 1.29 is 34.5 Å². The predicted octanol–water partition coefficient (Wildman–Crippen LogP) is -0.506. The number of amides is 3. The fraction of sp³-hybridized carbons (Fsp3) is 0.565. The molecule has 0 spiro atoms. The van der Waals surface area contributed by atoms with Crippen molar-refractivity contribution in [3.05, 3.63) is 29.8 Å². The molecule has 34 heavy (non-hydrogen) atoms. The predicted molar refractivity (Wildman–Crippen MR) is 125 cm³/mol. The summed E-state index contributed by atoms with van der Waals surface area (Å²) in [6.45, 7) is 8.10. The minimum absolute atomic E-state index is 0.0244. The molecule has 0 heterocycles. The monoisotopic (exact) mass is 480 g/mol. The number of nitrogens with two attached hydrogens (primary N) is 1. The minimum atomic E-state index is -1.36. The Labute approximate surface area is 199 Å². The normalized spacial score (nSPS) is 15.7. The van der Waals surface area contributed by atoms with Crippen LogP contribution in [0.3, 0.4) is 0 Å². The number of benzene rings is 1. The molecule has 3 amide bonds. The minimum Gasteiger partial charge on any atom is -0.508 e. The van der Waals surface area contributed by atoms with E-state index in [2.05, 4.69) is 16.0 Å². The van der Waals surface area contributed by atoms with E-state index in [0.29, 0.717) is 5.56 Å². The summed E-state index contributed by atoms with van der Waals surface area (Å²) in [5, 5.41) is 36.3. The van der Waals surface area contributed by atoms with Gasteiger partial charge in [-0.2, -0.15) is 0 Å². The molecular weight excluding hydrogens is 444 g/mol. The van der Waals surface area contributed by atoms with E-state index >= 15 is 0 Å². The molecule has 1 aromatic rings. The average Bonchev–Trinajstić information content (AvgIpc) is 2.74. The number of carboxylic acids is 1. The number of hydrogen-bond acceptors (Lipinski definition) is 7. The summed E-state index contributed by atoms with van der Waals surface area (Å²) in [5.41, 5.74) is 6.38. The van der Waals surface area contributed by atoms with Gasteiger partial charge in [-0.3, -0.25) is 14.4 Å². The first-order valence-corrected chi connectivity index (χ1v) is 11.1. The average molecular weight is 481 g/mol. The number of carboxylic acid groups (broad SMARTS) is 1. The van der Waals surface area contributed by atoms with Crippen LogP contribution in [0.5, 0.6) is 5.75 Å². The van der Waals surface area contributed by atoms with E-state index in [1.807, 2.05) is 0 Å². The van der Waals surface area contributed by atoms with E-state index in [1.165, 1.54) is 31.2 Å². The summed E-state index contributed by atoms with van der Waals surface area (Å²) in [6.07, 6.45) is -1.32. The van der Waals surface area contributed by atoms with Gasteiger partial charge >= 0.3 is 5.97 Å². The van der Waals surface area contributed by atoms with Crippen molar-refractivity contribution in [3.63, 3.8) is 0 Å². The van der Waals surface area contributed by atoms with Crippen LogP contribution in [0.2, 0.25) is 0 Å². The Bertz CT molecular complexity index is 855. The first kappa shape index (κ1) is 28.9. The lowest BCUT2D eigenvalue weighted by Crippen LogP contribution is -2.61. The second-order valence-electron chi connectivity index (χ2n) is 9.00. The van der Waals surface area contributed by atoms with Gasteiger partial charge in [0.05, 0.1) is 12.1 Å². The zero-order valence-corrected chi connectivity index (χ0v) is 20.1. The molecule has 0 aliphatic carbocycles. The molecule has 0 aliphatic heterocycles. The topological polar surface area (TPSA) is 191 Å². The summed E-state index contributed by atoms with van der Waals surface area (Å²) in [4.78, 5) is 49.7. The lowest BCUT2D eigenvalue weighted by atomic mass is 10.00. The number of phenolic OH excluding ortho intramolecular Hbond substituents is 1. The standard InChI is InChI=1S/C23H36N4O7/c1-11(2)17(24)20(30)27-19(13(5)28)22(32)26-18(12(3)4)21(31)25-16(23(33)34)10-14-6-8-15(29)9-7-14/h6-9,11-13,16-19,28-29H,10,24H2,1-5H3,(H,25,31)(H,26,32)(H,27,30)(H,33,34). The molecule has 8 N–H and O–H groups in total. The maximum Gasteiger partial charge on any atom is 0.326 e. The smallest absolute Gasteiger partial charge is 0.326 e. The zero-order chi connectivity index (χ0) is 26.2. The highest BCUT2D eigenvalue weighted by molar-refractivity contribution is 5.94. The number of aromatic hydroxyl groups is 1. The van der Waals surface area contributed by atoms with Gasteiger partial charge in [-0.15, -0.1) is 0 Å². The van der Waals surface area contributed by atoms with Crippen LogP contribution in [0.4, 0.5) is 0 Å². The summed E-state index contributed by atoms with van der Waals surface area (Å²) in [7, 11) is 0. The van der Waals surface area contributed by atoms with Gasteiger partial charge in [0.15, 0.2) is 0 Å². The van der Waals surface area contributed by atoms with Crippen molar-refractivity contribution in [1.82, 2.24) is 16.0 Å². The van der Waals surface area contributed by atoms with E-state index in [9.17, 15) is 34.5 Å². The molecule has 0 saturated carbocycles. The summed E-state index contributed by atoms with van der Waals surface area (Å²) in [6, 6.07) is 1.21. The van der Waals surface area contributed by atoms with Crippen LogP contribution in [0.25, 0.3) is 0 Å². The van der Waals surface area contributed by atoms with Crippen LogP contribution in [0.15, 0.2) is 24.3 Å². The number of carbonyl (C=O) groups excluding carboxylic acids is 3. The SMILES string of the molecule is CC(C)C(N)C(=O)NC(C(=O)NC(C(=O)NC(Cc1ccc(O)cc1)C(=O)O)C(C)C)C(C)O. The third-order valence-corrected chi connectivity index (χ3v) is 5.32. The van der Waals surface area contributed by atoms with Crippen LogP contribution >= 0.6 is 0 Å². The molecular formula is C23H36N4O7. The van der Waals surface area contributed by atoms with Gasteiger partial charge in [0.1, 0.15) is 23.9 Å². The van der Waals surface area contributed by atoms with Crippen LogP contribution in [-0.2, 0) is 25.6 Å². The maximum absolute atomic E-state index is 12.9. The number of nitrogens with one attached hydrogen (secondary N) is 3. The molecule has 0 aromatic heterocycles. The fourth-order valence-electron chi connectivity index (χ4n) is 3.06.